The highest BCUT2D eigenvalue weighted by Gasteiger charge is 2.49. The summed E-state index contributed by atoms with van der Waals surface area (Å²) in [5.74, 6) is 0. The van der Waals surface area contributed by atoms with E-state index in [4.69, 9.17) is 0 Å². The molecule has 3 rings (SSSR count). The van der Waals surface area contributed by atoms with Gasteiger partial charge in [0, 0.05) is 0 Å². The predicted molar refractivity (Wildman–Crippen MR) is 138 cm³/mol. The first-order valence-electron chi connectivity index (χ1n) is 15.2. The Hall–Kier alpha value is -0.0400. The molecule has 3 aliphatic rings. The third-order valence-electron chi connectivity index (χ3n) is 9.66. The van der Waals surface area contributed by atoms with E-state index in [0.717, 1.165) is 18.1 Å². The lowest BCUT2D eigenvalue weighted by Gasteiger charge is -2.58. The third-order valence-corrected chi connectivity index (χ3v) is 9.66. The van der Waals surface area contributed by atoms with Crippen LogP contribution in [-0.2, 0) is 0 Å². The SMILES string of the molecule is CCCCCCCCCCCC[N+](C1CCCCC1)(C1CCCCC1)C1CCCCC1. The van der Waals surface area contributed by atoms with Gasteiger partial charge in [-0.1, -0.05) is 77.6 Å². The number of hydrogen-bond acceptors (Lipinski definition) is 0. The number of rotatable bonds is 14. The van der Waals surface area contributed by atoms with Crippen molar-refractivity contribution in [1.82, 2.24) is 0 Å². The van der Waals surface area contributed by atoms with Crippen molar-refractivity contribution < 1.29 is 4.48 Å². The molecule has 1 heteroatoms. The summed E-state index contributed by atoms with van der Waals surface area (Å²) in [4.78, 5) is 0. The molecule has 0 aromatic rings. The first-order chi connectivity index (χ1) is 15.4. The number of nitrogens with zero attached hydrogens (tertiary/aromatic N) is 1. The quantitative estimate of drug-likeness (QED) is 0.189. The van der Waals surface area contributed by atoms with Gasteiger partial charge in [-0.2, -0.15) is 0 Å². The number of hydrogen-bond donors (Lipinski definition) is 0. The van der Waals surface area contributed by atoms with Gasteiger partial charge in [-0.25, -0.2) is 0 Å². The molecule has 0 aromatic heterocycles. The minimum Gasteiger partial charge on any atom is -0.316 e. The molecule has 0 amide bonds. The fourth-order valence-corrected chi connectivity index (χ4v) is 8.00. The van der Waals surface area contributed by atoms with Gasteiger partial charge in [-0.3, -0.25) is 0 Å². The van der Waals surface area contributed by atoms with Gasteiger partial charge in [-0.15, -0.1) is 0 Å². The minimum atomic E-state index is 1.03. The summed E-state index contributed by atoms with van der Waals surface area (Å²) in [7, 11) is 0. The Morgan fingerprint density at radius 3 is 1.10 bits per heavy atom. The zero-order valence-corrected chi connectivity index (χ0v) is 21.6. The van der Waals surface area contributed by atoms with Gasteiger partial charge in [0.2, 0.25) is 0 Å². The van der Waals surface area contributed by atoms with Crippen molar-refractivity contribution in [3.05, 3.63) is 0 Å². The van der Waals surface area contributed by atoms with Crippen LogP contribution in [0.1, 0.15) is 167 Å². The monoisotopic (exact) mass is 432 g/mol. The average molecular weight is 433 g/mol. The molecule has 3 fully saturated rings. The molecule has 0 aromatic carbocycles. The van der Waals surface area contributed by atoms with Gasteiger partial charge in [0.1, 0.15) is 0 Å². The van der Waals surface area contributed by atoms with Crippen molar-refractivity contribution in [3.63, 3.8) is 0 Å². The number of quaternary nitrogens is 1. The van der Waals surface area contributed by atoms with Crippen LogP contribution in [0.4, 0.5) is 0 Å². The predicted octanol–water partition coefficient (Wildman–Crippen LogP) is 9.72. The topological polar surface area (TPSA) is 0 Å². The fraction of sp³-hybridized carbons (Fsp3) is 1.00. The smallest absolute Gasteiger partial charge is 0.0894 e. The van der Waals surface area contributed by atoms with E-state index in [1.807, 2.05) is 0 Å². The Labute approximate surface area is 196 Å². The Morgan fingerprint density at radius 1 is 0.419 bits per heavy atom. The van der Waals surface area contributed by atoms with Crippen molar-refractivity contribution in [2.45, 2.75) is 186 Å². The molecule has 0 atom stereocenters. The van der Waals surface area contributed by atoms with E-state index in [1.54, 1.807) is 49.6 Å². The second-order valence-electron chi connectivity index (χ2n) is 11.8. The van der Waals surface area contributed by atoms with Crippen molar-refractivity contribution in [2.75, 3.05) is 6.54 Å². The molecule has 1 nitrogen and oxygen atoms in total. The van der Waals surface area contributed by atoms with E-state index in [9.17, 15) is 0 Å². The van der Waals surface area contributed by atoms with Crippen LogP contribution < -0.4 is 0 Å². The summed E-state index contributed by atoms with van der Waals surface area (Å²) in [6.07, 6.45) is 37.9. The molecule has 3 aliphatic carbocycles. The molecular weight excluding hydrogens is 374 g/mol. The van der Waals surface area contributed by atoms with E-state index >= 15 is 0 Å². The van der Waals surface area contributed by atoms with Crippen LogP contribution >= 0.6 is 0 Å². The van der Waals surface area contributed by atoms with Gasteiger partial charge in [0.25, 0.3) is 0 Å². The molecule has 182 valence electrons. The summed E-state index contributed by atoms with van der Waals surface area (Å²) in [5, 5.41) is 0. The van der Waals surface area contributed by atoms with Crippen molar-refractivity contribution in [3.8, 4) is 0 Å². The maximum Gasteiger partial charge on any atom is 0.0894 e. The third kappa shape index (κ3) is 7.75. The van der Waals surface area contributed by atoms with Crippen LogP contribution in [0, 0.1) is 0 Å². The molecule has 0 bridgehead atoms. The van der Waals surface area contributed by atoms with Crippen molar-refractivity contribution in [1.29, 1.82) is 0 Å². The summed E-state index contributed by atoms with van der Waals surface area (Å²) in [5.41, 5.74) is 0. The molecule has 0 spiro atoms. The summed E-state index contributed by atoms with van der Waals surface area (Å²) >= 11 is 0. The lowest BCUT2D eigenvalue weighted by Crippen LogP contribution is -2.68. The van der Waals surface area contributed by atoms with Crippen LogP contribution in [0.15, 0.2) is 0 Å². The first-order valence-corrected chi connectivity index (χ1v) is 15.2. The van der Waals surface area contributed by atoms with E-state index < -0.39 is 0 Å². The largest absolute Gasteiger partial charge is 0.316 e. The molecule has 31 heavy (non-hydrogen) atoms. The molecule has 0 heterocycles. The first kappa shape index (κ1) is 25.6. The lowest BCUT2D eigenvalue weighted by atomic mass is 9.80. The van der Waals surface area contributed by atoms with Crippen molar-refractivity contribution in [2.24, 2.45) is 0 Å². The molecule has 0 N–H and O–H groups in total. The molecule has 0 aliphatic heterocycles. The second-order valence-corrected chi connectivity index (χ2v) is 11.8. The summed E-state index contributed by atoms with van der Waals surface area (Å²) in [6, 6.07) is 3.08. The molecule has 0 radical (unpaired) electrons. The molecule has 0 saturated heterocycles. The zero-order chi connectivity index (χ0) is 21.6. The highest BCUT2D eigenvalue weighted by molar-refractivity contribution is 4.80. The van der Waals surface area contributed by atoms with Crippen molar-refractivity contribution >= 4 is 0 Å². The normalized spacial score (nSPS) is 22.7. The highest BCUT2D eigenvalue weighted by atomic mass is 15.4. The number of unbranched alkanes of at least 4 members (excludes halogenated alkanes) is 9. The zero-order valence-electron chi connectivity index (χ0n) is 21.6. The molecule has 0 unspecified atom stereocenters. The lowest BCUT2D eigenvalue weighted by molar-refractivity contribution is -0.998. The Kier molecular flexibility index (Phi) is 12.4. The minimum absolute atomic E-state index is 1.03. The Morgan fingerprint density at radius 2 is 0.742 bits per heavy atom. The van der Waals surface area contributed by atoms with Gasteiger partial charge >= 0.3 is 0 Å². The average Bonchev–Trinajstić information content (AvgIpc) is 2.84. The van der Waals surface area contributed by atoms with E-state index in [1.165, 1.54) is 122 Å². The van der Waals surface area contributed by atoms with Gasteiger partial charge < -0.3 is 4.48 Å². The summed E-state index contributed by atoms with van der Waals surface area (Å²) in [6.45, 7) is 3.88. The maximum absolute atomic E-state index is 2.33. The van der Waals surface area contributed by atoms with Crippen LogP contribution in [0.5, 0.6) is 0 Å². The highest BCUT2D eigenvalue weighted by Crippen LogP contribution is 2.43. The van der Waals surface area contributed by atoms with Crippen LogP contribution in [0.3, 0.4) is 0 Å². The second kappa shape index (κ2) is 15.0. The van der Waals surface area contributed by atoms with Crippen LogP contribution in [0.2, 0.25) is 0 Å². The maximum atomic E-state index is 2.33. The van der Waals surface area contributed by atoms with E-state index in [-0.39, 0.29) is 0 Å². The van der Waals surface area contributed by atoms with Gasteiger partial charge in [0.15, 0.2) is 0 Å². The van der Waals surface area contributed by atoms with Gasteiger partial charge in [0.05, 0.1) is 24.7 Å². The Balaban J connectivity index is 1.55. The standard InChI is InChI=1S/C30H58N/c1-2-3-4-5-6-7-8-9-10-20-27-31(28-21-14-11-15-22-28,29-23-16-12-17-24-29)30-25-18-13-19-26-30/h28-30H,2-27H2,1H3/q+1. The van der Waals surface area contributed by atoms with E-state index in [2.05, 4.69) is 6.92 Å². The van der Waals surface area contributed by atoms with E-state index in [0.29, 0.717) is 0 Å². The van der Waals surface area contributed by atoms with Gasteiger partial charge in [-0.05, 0) is 89.9 Å². The molecular formula is C30H58N+. The summed E-state index contributed by atoms with van der Waals surface area (Å²) < 4.78 is 1.62. The van der Waals surface area contributed by atoms with Crippen LogP contribution in [0.25, 0.3) is 0 Å². The molecule has 3 saturated carbocycles. The van der Waals surface area contributed by atoms with Crippen LogP contribution in [-0.4, -0.2) is 29.2 Å². The Bertz CT molecular complexity index is 380. The fourth-order valence-electron chi connectivity index (χ4n) is 8.00.